The summed E-state index contributed by atoms with van der Waals surface area (Å²) >= 11 is 0. The van der Waals surface area contributed by atoms with Crippen molar-refractivity contribution in [3.63, 3.8) is 0 Å². The van der Waals surface area contributed by atoms with E-state index >= 15 is 0 Å². The number of esters is 2. The Morgan fingerprint density at radius 1 is 1.19 bits per heavy atom. The van der Waals surface area contributed by atoms with E-state index in [9.17, 15) is 14.4 Å². The van der Waals surface area contributed by atoms with Gasteiger partial charge in [0, 0.05) is 5.92 Å². The molecule has 2 saturated carbocycles. The maximum Gasteiger partial charge on any atom is 0.309 e. The van der Waals surface area contributed by atoms with Gasteiger partial charge in [0.1, 0.15) is 12.2 Å². The molecule has 148 valence electrons. The number of hydrogen-bond donors (Lipinski definition) is 0. The second kappa shape index (κ2) is 5.04. The second-order valence-corrected chi connectivity index (χ2v) is 10.1. The number of rotatable bonds is 2. The Labute approximate surface area is 158 Å². The van der Waals surface area contributed by atoms with Gasteiger partial charge in [-0.05, 0) is 24.2 Å². The fourth-order valence-corrected chi connectivity index (χ4v) is 7.39. The Kier molecular flexibility index (Phi) is 3.26. The summed E-state index contributed by atoms with van der Waals surface area (Å²) in [5, 5.41) is 0. The summed E-state index contributed by atoms with van der Waals surface area (Å²) in [7, 11) is 0. The quantitative estimate of drug-likeness (QED) is 0.411. The molecule has 27 heavy (non-hydrogen) atoms. The molecule has 0 aromatic heterocycles. The van der Waals surface area contributed by atoms with Gasteiger partial charge in [-0.3, -0.25) is 14.4 Å². The van der Waals surface area contributed by atoms with Gasteiger partial charge >= 0.3 is 11.9 Å². The second-order valence-electron chi connectivity index (χ2n) is 10.1. The van der Waals surface area contributed by atoms with Crippen LogP contribution in [0.4, 0.5) is 0 Å². The van der Waals surface area contributed by atoms with Crippen molar-refractivity contribution in [3.8, 4) is 0 Å². The maximum atomic E-state index is 12.4. The lowest BCUT2D eigenvalue weighted by molar-refractivity contribution is -0.178. The molecule has 0 aromatic carbocycles. The van der Waals surface area contributed by atoms with E-state index in [0.29, 0.717) is 19.3 Å². The third-order valence-electron chi connectivity index (χ3n) is 8.19. The van der Waals surface area contributed by atoms with Crippen molar-refractivity contribution in [3.05, 3.63) is 0 Å². The highest BCUT2D eigenvalue weighted by Crippen LogP contribution is 2.78. The highest BCUT2D eigenvalue weighted by Gasteiger charge is 2.85. The Morgan fingerprint density at radius 2 is 1.93 bits per heavy atom. The molecule has 9 atom stereocenters. The van der Waals surface area contributed by atoms with Crippen LogP contribution in [0.2, 0.25) is 0 Å². The first-order valence-corrected chi connectivity index (χ1v) is 9.81. The third-order valence-corrected chi connectivity index (χ3v) is 8.19. The van der Waals surface area contributed by atoms with Crippen LogP contribution >= 0.6 is 0 Å². The van der Waals surface area contributed by atoms with Crippen molar-refractivity contribution in [1.29, 1.82) is 0 Å². The van der Waals surface area contributed by atoms with Crippen LogP contribution in [0.15, 0.2) is 0 Å². The van der Waals surface area contributed by atoms with Crippen LogP contribution in [-0.2, 0) is 33.3 Å². The van der Waals surface area contributed by atoms with Gasteiger partial charge in [-0.1, -0.05) is 27.7 Å². The topological polar surface area (TPSA) is 88.1 Å². The molecule has 0 N–H and O–H groups in total. The number of carbonyl (C=O) groups excluding carboxylic acids is 3. The lowest BCUT2D eigenvalue weighted by atomic mass is 9.55. The molecular formula is C20H26O7. The molecule has 7 heteroatoms. The molecule has 5 rings (SSSR count). The normalized spacial score (nSPS) is 52.7. The average molecular weight is 378 g/mol. The third kappa shape index (κ3) is 1.80. The molecule has 5 fully saturated rings. The highest BCUT2D eigenvalue weighted by molar-refractivity contribution is 5.76. The minimum Gasteiger partial charge on any atom is -0.464 e. The first-order chi connectivity index (χ1) is 12.7. The van der Waals surface area contributed by atoms with Gasteiger partial charge in [-0.15, -0.1) is 0 Å². The first-order valence-electron chi connectivity index (χ1n) is 9.81. The van der Waals surface area contributed by atoms with Gasteiger partial charge in [0.2, 0.25) is 6.29 Å². The smallest absolute Gasteiger partial charge is 0.309 e. The van der Waals surface area contributed by atoms with Crippen molar-refractivity contribution in [2.45, 2.75) is 71.6 Å². The molecule has 2 aliphatic carbocycles. The van der Waals surface area contributed by atoms with Gasteiger partial charge in [-0.25, -0.2) is 0 Å². The SMILES string of the molecule is C[C@@H]1C(=O)OC2CC34C(OC=O)C[C@@H](C(C)(C)C)C35CC(=O)OC5OC4C21. The van der Waals surface area contributed by atoms with E-state index in [1.165, 1.54) is 0 Å². The van der Waals surface area contributed by atoms with Gasteiger partial charge in [0.15, 0.2) is 0 Å². The zero-order chi connectivity index (χ0) is 19.4. The zero-order valence-corrected chi connectivity index (χ0v) is 16.1. The Balaban J connectivity index is 1.69. The largest absolute Gasteiger partial charge is 0.464 e. The minimum absolute atomic E-state index is 0.0845. The Bertz CT molecular complexity index is 726. The maximum absolute atomic E-state index is 12.4. The van der Waals surface area contributed by atoms with E-state index in [2.05, 4.69) is 20.8 Å². The lowest BCUT2D eigenvalue weighted by Gasteiger charge is -2.45. The van der Waals surface area contributed by atoms with Crippen LogP contribution in [0, 0.1) is 34.0 Å². The standard InChI is InChI=1S/C20H26O7/c1-9-14-10(25-16(9)23)6-20-12(24-8-21)5-11(18(2,3)4)19(20)7-13(22)26-17(19)27-15(14)20/h8-12,14-15,17H,5-7H2,1-4H3/t9-,10?,11-,12?,14?,15?,17?,19?,20?/m0/s1. The fraction of sp³-hybridized carbons (Fsp3) is 0.850. The van der Waals surface area contributed by atoms with Gasteiger partial charge < -0.3 is 18.9 Å². The summed E-state index contributed by atoms with van der Waals surface area (Å²) in [5.74, 6) is -0.765. The van der Waals surface area contributed by atoms with Crippen LogP contribution in [0.25, 0.3) is 0 Å². The van der Waals surface area contributed by atoms with Crippen LogP contribution in [0.3, 0.4) is 0 Å². The monoisotopic (exact) mass is 378 g/mol. The van der Waals surface area contributed by atoms with E-state index < -0.39 is 17.1 Å². The predicted octanol–water partition coefficient (Wildman–Crippen LogP) is 1.82. The molecule has 7 unspecified atom stereocenters. The summed E-state index contributed by atoms with van der Waals surface area (Å²) < 4.78 is 23.4. The minimum atomic E-state index is -0.650. The van der Waals surface area contributed by atoms with Gasteiger partial charge in [-0.2, -0.15) is 0 Å². The number of carbonyl (C=O) groups is 3. The number of hydrogen-bond acceptors (Lipinski definition) is 7. The van der Waals surface area contributed by atoms with Crippen LogP contribution in [0.5, 0.6) is 0 Å². The van der Waals surface area contributed by atoms with E-state index in [-0.39, 0.29) is 59.8 Å². The molecule has 0 amide bonds. The van der Waals surface area contributed by atoms with Gasteiger partial charge in [0.05, 0.1) is 29.3 Å². The average Bonchev–Trinajstić information content (AvgIpc) is 3.25. The van der Waals surface area contributed by atoms with E-state index in [0.717, 1.165) is 0 Å². The summed E-state index contributed by atoms with van der Waals surface area (Å²) in [4.78, 5) is 35.9. The van der Waals surface area contributed by atoms with E-state index in [4.69, 9.17) is 18.9 Å². The molecular weight excluding hydrogens is 352 g/mol. The van der Waals surface area contributed by atoms with Gasteiger partial charge in [0.25, 0.3) is 6.47 Å². The van der Waals surface area contributed by atoms with Crippen molar-refractivity contribution < 1.29 is 33.3 Å². The van der Waals surface area contributed by atoms with Crippen LogP contribution in [0.1, 0.15) is 47.0 Å². The van der Waals surface area contributed by atoms with Crippen molar-refractivity contribution >= 4 is 18.4 Å². The molecule has 0 bridgehead atoms. The number of fused-ring (bicyclic) bond motifs is 2. The highest BCUT2D eigenvalue weighted by atomic mass is 16.7. The molecule has 0 aromatic rings. The first kappa shape index (κ1) is 17.5. The zero-order valence-electron chi connectivity index (χ0n) is 16.1. The number of ether oxygens (including phenoxy) is 4. The summed E-state index contributed by atoms with van der Waals surface area (Å²) in [6.45, 7) is 8.82. The predicted molar refractivity (Wildman–Crippen MR) is 89.9 cm³/mol. The Hall–Kier alpha value is -1.63. The molecule has 3 heterocycles. The molecule has 7 nitrogen and oxygen atoms in total. The summed E-state index contributed by atoms with van der Waals surface area (Å²) in [6, 6.07) is 0. The fourth-order valence-electron chi connectivity index (χ4n) is 7.39. The summed E-state index contributed by atoms with van der Waals surface area (Å²) in [6.07, 6.45) is -0.130. The lowest BCUT2D eigenvalue weighted by Crippen LogP contribution is -2.51. The van der Waals surface area contributed by atoms with Crippen molar-refractivity contribution in [2.75, 3.05) is 0 Å². The Morgan fingerprint density at radius 3 is 2.59 bits per heavy atom. The molecule has 2 spiro atoms. The van der Waals surface area contributed by atoms with Crippen LogP contribution < -0.4 is 0 Å². The summed E-state index contributed by atoms with van der Waals surface area (Å²) in [5.41, 5.74) is -1.25. The van der Waals surface area contributed by atoms with E-state index in [1.807, 2.05) is 6.92 Å². The molecule has 5 aliphatic rings. The molecule has 3 aliphatic heterocycles. The molecule has 3 saturated heterocycles. The van der Waals surface area contributed by atoms with E-state index in [1.54, 1.807) is 0 Å². The van der Waals surface area contributed by atoms with Crippen LogP contribution in [-0.4, -0.2) is 43.0 Å². The molecule has 0 radical (unpaired) electrons. The van der Waals surface area contributed by atoms with Crippen molar-refractivity contribution in [1.82, 2.24) is 0 Å². The van der Waals surface area contributed by atoms with Crippen molar-refractivity contribution in [2.24, 2.45) is 34.0 Å².